The number of rotatable bonds is 5. The zero-order valence-corrected chi connectivity index (χ0v) is 12.0. The minimum Gasteiger partial charge on any atom is -0.381 e. The maximum atomic E-state index is 13.0. The van der Waals surface area contributed by atoms with Crippen LogP contribution in [0.5, 0.6) is 0 Å². The van der Waals surface area contributed by atoms with E-state index in [9.17, 15) is 12.8 Å². The predicted octanol–water partition coefficient (Wildman–Crippen LogP) is -0.368. The molecule has 2 rings (SSSR count). The van der Waals surface area contributed by atoms with Gasteiger partial charge in [0.1, 0.15) is 6.17 Å². The molecular formula is C11H22FN3O3S. The maximum absolute atomic E-state index is 13.0. The number of alkyl halides is 1. The summed E-state index contributed by atoms with van der Waals surface area (Å²) >= 11 is 0. The molecule has 6 nitrogen and oxygen atoms in total. The summed E-state index contributed by atoms with van der Waals surface area (Å²) < 4.78 is 46.3. The quantitative estimate of drug-likeness (QED) is 0.726. The summed E-state index contributed by atoms with van der Waals surface area (Å²) in [5.41, 5.74) is 0. The highest BCUT2D eigenvalue weighted by molar-refractivity contribution is 7.87. The number of hydrogen-bond acceptors (Lipinski definition) is 4. The van der Waals surface area contributed by atoms with Gasteiger partial charge < -0.3 is 10.1 Å². The lowest BCUT2D eigenvalue weighted by Crippen LogP contribution is -2.48. The SMILES string of the molecule is COC1CCN(S(=O)(=O)NC[C@@H]2C[C@H](F)CN2)CC1. The highest BCUT2D eigenvalue weighted by atomic mass is 32.2. The molecule has 0 unspecified atom stereocenters. The minimum absolute atomic E-state index is 0.110. The van der Waals surface area contributed by atoms with Crippen LogP contribution in [0.3, 0.4) is 0 Å². The first-order chi connectivity index (χ1) is 9.01. The smallest absolute Gasteiger partial charge is 0.279 e. The first-order valence-electron chi connectivity index (χ1n) is 6.66. The third-order valence-electron chi connectivity index (χ3n) is 3.75. The third-order valence-corrected chi connectivity index (χ3v) is 5.33. The fourth-order valence-corrected chi connectivity index (χ4v) is 3.82. The molecule has 112 valence electrons. The van der Waals surface area contributed by atoms with Crippen LogP contribution in [0.4, 0.5) is 4.39 Å². The summed E-state index contributed by atoms with van der Waals surface area (Å²) in [7, 11) is -1.81. The fourth-order valence-electron chi connectivity index (χ4n) is 2.53. The van der Waals surface area contributed by atoms with Crippen molar-refractivity contribution in [3.63, 3.8) is 0 Å². The average Bonchev–Trinajstić information content (AvgIpc) is 2.82. The molecule has 0 aliphatic carbocycles. The fraction of sp³-hybridized carbons (Fsp3) is 1.00. The van der Waals surface area contributed by atoms with Crippen LogP contribution >= 0.6 is 0 Å². The van der Waals surface area contributed by atoms with Crippen molar-refractivity contribution in [2.45, 2.75) is 37.6 Å². The molecule has 0 bridgehead atoms. The van der Waals surface area contributed by atoms with Crippen LogP contribution in [0, 0.1) is 0 Å². The van der Waals surface area contributed by atoms with Crippen molar-refractivity contribution in [1.82, 2.24) is 14.3 Å². The monoisotopic (exact) mass is 295 g/mol. The van der Waals surface area contributed by atoms with Crippen LogP contribution in [-0.2, 0) is 14.9 Å². The number of ether oxygens (including phenoxy) is 1. The molecule has 2 fully saturated rings. The van der Waals surface area contributed by atoms with Gasteiger partial charge in [0.2, 0.25) is 0 Å². The molecule has 2 N–H and O–H groups in total. The van der Waals surface area contributed by atoms with Gasteiger partial charge in [0.05, 0.1) is 6.10 Å². The van der Waals surface area contributed by atoms with E-state index in [1.54, 1.807) is 7.11 Å². The molecule has 2 saturated heterocycles. The van der Waals surface area contributed by atoms with Gasteiger partial charge in [0, 0.05) is 39.3 Å². The summed E-state index contributed by atoms with van der Waals surface area (Å²) in [6, 6.07) is -0.110. The van der Waals surface area contributed by atoms with Crippen molar-refractivity contribution < 1.29 is 17.5 Å². The molecule has 0 aromatic rings. The van der Waals surface area contributed by atoms with E-state index in [0.29, 0.717) is 38.9 Å². The Hall–Kier alpha value is -0.280. The molecule has 2 aliphatic rings. The number of piperidine rings is 1. The Kier molecular flexibility index (Phi) is 5.13. The van der Waals surface area contributed by atoms with Crippen LogP contribution in [0.1, 0.15) is 19.3 Å². The zero-order valence-electron chi connectivity index (χ0n) is 11.1. The highest BCUT2D eigenvalue weighted by Crippen LogP contribution is 2.15. The maximum Gasteiger partial charge on any atom is 0.279 e. The van der Waals surface area contributed by atoms with E-state index in [1.165, 1.54) is 4.31 Å². The van der Waals surface area contributed by atoms with Gasteiger partial charge in [-0.1, -0.05) is 0 Å². The molecule has 8 heteroatoms. The van der Waals surface area contributed by atoms with Crippen molar-refractivity contribution >= 4 is 10.2 Å². The topological polar surface area (TPSA) is 70.7 Å². The zero-order chi connectivity index (χ0) is 13.9. The average molecular weight is 295 g/mol. The van der Waals surface area contributed by atoms with Crippen LogP contribution in [0.2, 0.25) is 0 Å². The second-order valence-corrected chi connectivity index (χ2v) is 6.88. The summed E-state index contributed by atoms with van der Waals surface area (Å²) in [4.78, 5) is 0. The number of nitrogens with zero attached hydrogens (tertiary/aromatic N) is 1. The lowest BCUT2D eigenvalue weighted by atomic mass is 10.1. The molecule has 2 heterocycles. The summed E-state index contributed by atoms with van der Waals surface area (Å²) in [5, 5.41) is 2.96. The van der Waals surface area contributed by atoms with Gasteiger partial charge in [-0.25, -0.2) is 9.11 Å². The Morgan fingerprint density at radius 1 is 1.42 bits per heavy atom. The van der Waals surface area contributed by atoms with E-state index in [4.69, 9.17) is 4.74 Å². The Bertz CT molecular complexity index is 385. The standard InChI is InChI=1S/C11H22FN3O3S/c1-18-11-2-4-15(5-3-11)19(16,17)14-8-10-6-9(12)7-13-10/h9-11,13-14H,2-8H2,1H3/t9-,10-/m0/s1. The van der Waals surface area contributed by atoms with Crippen LogP contribution in [-0.4, -0.2) is 64.3 Å². The molecule has 0 radical (unpaired) electrons. The molecule has 2 aliphatic heterocycles. The van der Waals surface area contributed by atoms with Crippen molar-refractivity contribution in [2.75, 3.05) is 33.3 Å². The van der Waals surface area contributed by atoms with Crippen molar-refractivity contribution in [3.8, 4) is 0 Å². The lowest BCUT2D eigenvalue weighted by Gasteiger charge is -2.30. The summed E-state index contributed by atoms with van der Waals surface area (Å²) in [6.45, 7) is 1.49. The van der Waals surface area contributed by atoms with E-state index >= 15 is 0 Å². The molecule has 0 saturated carbocycles. The van der Waals surface area contributed by atoms with Gasteiger partial charge >= 0.3 is 0 Å². The van der Waals surface area contributed by atoms with Gasteiger partial charge in [-0.2, -0.15) is 12.7 Å². The highest BCUT2D eigenvalue weighted by Gasteiger charge is 2.30. The van der Waals surface area contributed by atoms with Crippen LogP contribution in [0.15, 0.2) is 0 Å². The Morgan fingerprint density at radius 3 is 2.63 bits per heavy atom. The first-order valence-corrected chi connectivity index (χ1v) is 8.10. The second-order valence-electron chi connectivity index (χ2n) is 5.13. The predicted molar refractivity (Wildman–Crippen MR) is 69.8 cm³/mol. The lowest BCUT2D eigenvalue weighted by molar-refractivity contribution is 0.0602. The normalized spacial score (nSPS) is 30.8. The molecule has 19 heavy (non-hydrogen) atoms. The second kappa shape index (κ2) is 6.45. The van der Waals surface area contributed by atoms with E-state index in [-0.39, 0.29) is 18.7 Å². The van der Waals surface area contributed by atoms with Crippen LogP contribution < -0.4 is 10.0 Å². The molecular weight excluding hydrogens is 273 g/mol. The van der Waals surface area contributed by atoms with Gasteiger partial charge in [-0.3, -0.25) is 0 Å². The molecule has 0 aromatic carbocycles. The summed E-state index contributed by atoms with van der Waals surface area (Å²) in [6.07, 6.45) is 1.08. The number of nitrogens with one attached hydrogen (secondary N) is 2. The summed E-state index contributed by atoms with van der Waals surface area (Å²) in [5.74, 6) is 0. The van der Waals surface area contributed by atoms with Crippen LogP contribution in [0.25, 0.3) is 0 Å². The van der Waals surface area contributed by atoms with E-state index in [0.717, 1.165) is 0 Å². The van der Waals surface area contributed by atoms with Gasteiger partial charge in [0.25, 0.3) is 10.2 Å². The van der Waals surface area contributed by atoms with Gasteiger partial charge in [0.15, 0.2) is 0 Å². The molecule has 0 amide bonds. The van der Waals surface area contributed by atoms with Crippen molar-refractivity contribution in [2.24, 2.45) is 0 Å². The minimum atomic E-state index is -3.45. The van der Waals surface area contributed by atoms with Crippen molar-refractivity contribution in [3.05, 3.63) is 0 Å². The Morgan fingerprint density at radius 2 is 2.11 bits per heavy atom. The first kappa shape index (κ1) is 15.1. The Balaban J connectivity index is 1.78. The molecule has 0 spiro atoms. The molecule has 2 atom stereocenters. The van der Waals surface area contributed by atoms with Crippen molar-refractivity contribution in [1.29, 1.82) is 0 Å². The number of methoxy groups -OCH3 is 1. The van der Waals surface area contributed by atoms with Gasteiger partial charge in [-0.15, -0.1) is 0 Å². The molecule has 0 aromatic heterocycles. The van der Waals surface area contributed by atoms with E-state index in [1.807, 2.05) is 0 Å². The Labute approximate surface area is 113 Å². The third kappa shape index (κ3) is 4.09. The van der Waals surface area contributed by atoms with E-state index < -0.39 is 16.4 Å². The van der Waals surface area contributed by atoms with Gasteiger partial charge in [-0.05, 0) is 19.3 Å². The number of halogens is 1. The van der Waals surface area contributed by atoms with E-state index in [2.05, 4.69) is 10.0 Å². The largest absolute Gasteiger partial charge is 0.381 e. The number of hydrogen-bond donors (Lipinski definition) is 2.